The van der Waals surface area contributed by atoms with Gasteiger partial charge in [-0.05, 0) is 99.0 Å². The van der Waals surface area contributed by atoms with E-state index in [4.69, 9.17) is 32.5 Å². The number of esters is 1. The zero-order valence-electron chi connectivity index (χ0n) is 32.8. The number of sulfonamides is 1. The Kier molecular flexibility index (Phi) is 15.6. The van der Waals surface area contributed by atoms with Crippen molar-refractivity contribution < 1.29 is 58.6 Å². The summed E-state index contributed by atoms with van der Waals surface area (Å²) in [4.78, 5) is 30.3. The first-order valence-electron chi connectivity index (χ1n) is 17.9. The number of nitrogens with zero attached hydrogens (tertiary/aromatic N) is 2. The van der Waals surface area contributed by atoms with Gasteiger partial charge in [0.25, 0.3) is 12.9 Å². The van der Waals surface area contributed by atoms with Gasteiger partial charge in [-0.3, -0.25) is 9.59 Å². The van der Waals surface area contributed by atoms with Crippen molar-refractivity contribution in [2.45, 2.75) is 58.3 Å². The number of ether oxygens (including phenoxy) is 3. The van der Waals surface area contributed by atoms with Gasteiger partial charge in [0.15, 0.2) is 34.5 Å². The lowest BCUT2D eigenvalue weighted by molar-refractivity contribution is -0.142. The lowest BCUT2D eigenvalue weighted by Gasteiger charge is -2.15. The number of alkyl halides is 4. The molecule has 1 amide bonds. The van der Waals surface area contributed by atoms with E-state index in [2.05, 4.69) is 15.0 Å². The molecule has 0 atom stereocenters. The van der Waals surface area contributed by atoms with E-state index >= 15 is 4.39 Å². The van der Waals surface area contributed by atoms with Crippen LogP contribution in [-0.2, 0) is 37.2 Å². The molecule has 0 unspecified atom stereocenters. The van der Waals surface area contributed by atoms with E-state index in [0.29, 0.717) is 22.4 Å². The van der Waals surface area contributed by atoms with Crippen LogP contribution in [0.25, 0.3) is 9.69 Å². The summed E-state index contributed by atoms with van der Waals surface area (Å²) in [5, 5.41) is 7.68. The third-order valence-electron chi connectivity index (χ3n) is 8.57. The van der Waals surface area contributed by atoms with Crippen LogP contribution >= 0.6 is 0 Å². The summed E-state index contributed by atoms with van der Waals surface area (Å²) in [6.45, 7) is 20.6. The molecule has 5 aromatic carbocycles. The number of benzene rings is 5. The number of carbonyl (C=O) groups excluding carboxylic acids is 2. The number of carbonyl (C=O) groups is 2. The summed E-state index contributed by atoms with van der Waals surface area (Å²) in [5.41, 5.74) is 0.621. The predicted octanol–water partition coefficient (Wildman–Crippen LogP) is 11.1. The molecule has 0 saturated carbocycles. The average molecular weight is 867 g/mol. The molecule has 3 N–H and O–H groups in total. The van der Waals surface area contributed by atoms with Crippen LogP contribution in [-0.4, -0.2) is 26.9 Å². The molecule has 318 valence electrons. The average Bonchev–Trinajstić information content (AvgIpc) is 3.20. The van der Waals surface area contributed by atoms with Crippen molar-refractivity contribution in [2.75, 3.05) is 11.9 Å². The number of nitrogens with two attached hydrogens (primary N) is 1. The van der Waals surface area contributed by atoms with Crippen LogP contribution in [0.3, 0.4) is 0 Å². The minimum absolute atomic E-state index is 0.0164. The molecule has 0 bridgehead atoms. The smallest absolute Gasteiger partial charge is 0.310 e. The Bertz CT molecular complexity index is 2660. The lowest BCUT2D eigenvalue weighted by atomic mass is 10.1. The lowest BCUT2D eigenvalue weighted by Crippen LogP contribution is -2.17. The molecule has 5 rings (SSSR count). The minimum atomic E-state index is -3.91. The normalized spacial score (nSPS) is 10.9. The summed E-state index contributed by atoms with van der Waals surface area (Å²) >= 11 is 0. The molecule has 0 aliphatic rings. The fourth-order valence-corrected chi connectivity index (χ4v) is 6.14. The van der Waals surface area contributed by atoms with Crippen molar-refractivity contribution in [3.63, 3.8) is 0 Å². The third-order valence-corrected chi connectivity index (χ3v) is 9.48. The minimum Gasteiger partial charge on any atom is -0.466 e. The van der Waals surface area contributed by atoms with Gasteiger partial charge in [-0.15, -0.1) is 0 Å². The molecule has 0 heterocycles. The second kappa shape index (κ2) is 20.4. The first-order chi connectivity index (χ1) is 28.7. The summed E-state index contributed by atoms with van der Waals surface area (Å²) in [5.74, 6) is -3.46. The zero-order chi connectivity index (χ0) is 45.2. The van der Waals surface area contributed by atoms with Crippen molar-refractivity contribution >= 4 is 39.0 Å². The molecule has 11 nitrogen and oxygen atoms in total. The highest BCUT2D eigenvalue weighted by Gasteiger charge is 2.21. The largest absolute Gasteiger partial charge is 0.466 e. The van der Waals surface area contributed by atoms with Crippen molar-refractivity contribution in [1.82, 2.24) is 0 Å². The highest BCUT2D eigenvalue weighted by Crippen LogP contribution is 2.37. The van der Waals surface area contributed by atoms with E-state index in [1.54, 1.807) is 33.8 Å². The Hall–Kier alpha value is -6.89. The van der Waals surface area contributed by atoms with Crippen molar-refractivity contribution in [3.8, 4) is 23.0 Å². The monoisotopic (exact) mass is 866 g/mol. The van der Waals surface area contributed by atoms with Crippen LogP contribution in [0.5, 0.6) is 23.0 Å². The topological polar surface area (TPSA) is 143 Å². The molecule has 61 heavy (non-hydrogen) atoms. The van der Waals surface area contributed by atoms with E-state index in [9.17, 15) is 40.0 Å². The summed E-state index contributed by atoms with van der Waals surface area (Å²) in [7, 11) is -3.91. The van der Waals surface area contributed by atoms with Gasteiger partial charge in [0.05, 0.1) is 37.5 Å². The summed E-state index contributed by atoms with van der Waals surface area (Å²) < 4.78 is 121. The molecule has 0 aliphatic heterocycles. The summed E-state index contributed by atoms with van der Waals surface area (Å²) in [6.07, 6.45) is -6.30. The van der Waals surface area contributed by atoms with Gasteiger partial charge in [-0.2, -0.15) is 0 Å². The van der Waals surface area contributed by atoms with E-state index in [-0.39, 0.29) is 69.8 Å². The van der Waals surface area contributed by atoms with Gasteiger partial charge < -0.3 is 19.5 Å². The van der Waals surface area contributed by atoms with E-state index < -0.39 is 57.5 Å². The molecular formula is C43H36F6N4O7S. The van der Waals surface area contributed by atoms with Crippen LogP contribution in [0.1, 0.15) is 58.7 Å². The second-order valence-electron chi connectivity index (χ2n) is 13.1. The maximum absolute atomic E-state index is 15.2. The number of aryl methyl sites for hydroxylation is 3. The van der Waals surface area contributed by atoms with Crippen LogP contribution in [0.4, 0.5) is 43.4 Å². The van der Waals surface area contributed by atoms with Crippen molar-refractivity contribution in [2.24, 2.45) is 5.14 Å². The van der Waals surface area contributed by atoms with Gasteiger partial charge in [0.1, 0.15) is 11.5 Å². The first-order valence-corrected chi connectivity index (χ1v) is 19.4. The highest BCUT2D eigenvalue weighted by molar-refractivity contribution is 7.89. The van der Waals surface area contributed by atoms with Crippen LogP contribution in [0.2, 0.25) is 0 Å². The molecule has 0 fully saturated rings. The van der Waals surface area contributed by atoms with E-state index in [1.165, 1.54) is 48.5 Å². The van der Waals surface area contributed by atoms with Crippen LogP contribution in [0.15, 0.2) is 83.8 Å². The Balaban J connectivity index is 0.000000281. The molecule has 0 saturated heterocycles. The third kappa shape index (κ3) is 12.6. The molecular weight excluding hydrogens is 831 g/mol. The Morgan fingerprint density at radius 2 is 1.18 bits per heavy atom. The van der Waals surface area contributed by atoms with Gasteiger partial charge in [-0.25, -0.2) is 49.6 Å². The number of amides is 1. The molecule has 5 aromatic rings. The van der Waals surface area contributed by atoms with Crippen molar-refractivity contribution in [1.29, 1.82) is 0 Å². The fraction of sp³-hybridized carbons (Fsp3) is 0.209. The van der Waals surface area contributed by atoms with Gasteiger partial charge in [0.2, 0.25) is 15.9 Å². The number of halogens is 6. The molecule has 0 aliphatic carbocycles. The fourth-order valence-electron chi connectivity index (χ4n) is 5.54. The van der Waals surface area contributed by atoms with E-state index in [1.807, 2.05) is 0 Å². The number of hydrogen-bond donors (Lipinski definition) is 2. The molecule has 0 spiro atoms. The van der Waals surface area contributed by atoms with Gasteiger partial charge in [0, 0.05) is 27.9 Å². The number of nitrogens with one attached hydrogen (secondary N) is 1. The predicted molar refractivity (Wildman–Crippen MR) is 213 cm³/mol. The maximum atomic E-state index is 15.2. The van der Waals surface area contributed by atoms with E-state index in [0.717, 1.165) is 24.3 Å². The molecule has 18 heteroatoms. The summed E-state index contributed by atoms with van der Waals surface area (Å²) in [6, 6.07) is 16.4. The Morgan fingerprint density at radius 1 is 0.705 bits per heavy atom. The van der Waals surface area contributed by atoms with Crippen molar-refractivity contribution in [3.05, 3.63) is 152 Å². The zero-order valence-corrected chi connectivity index (χ0v) is 33.6. The van der Waals surface area contributed by atoms with Gasteiger partial charge in [-0.1, -0.05) is 24.3 Å². The Labute approximate surface area is 347 Å². The van der Waals surface area contributed by atoms with Gasteiger partial charge >= 0.3 is 5.97 Å². The van der Waals surface area contributed by atoms with Crippen LogP contribution in [0, 0.1) is 45.5 Å². The maximum Gasteiger partial charge on any atom is 0.310 e. The number of primary sulfonamides is 1. The van der Waals surface area contributed by atoms with Crippen LogP contribution < -0.4 is 19.9 Å². The SMILES string of the molecule is [C-]#[N+]c1cc(Oc2c(C)ccc(CC(=O)Nc3ccc(S(N)(=O)=O)cc3C)c2F)cc(C(F)F)c1.[C-]#[N+]c1cc(Oc2c(C)ccc(CC(=O)OCC)c2F)cc(C(F)F)c1. The Morgan fingerprint density at radius 3 is 1.59 bits per heavy atom. The second-order valence-corrected chi connectivity index (χ2v) is 14.7. The molecule has 0 aromatic heterocycles. The number of anilines is 1. The number of rotatable bonds is 13. The standard InChI is InChI=1S/C24H20F3N3O4S.C19H16F3NO3/c1-13-4-5-15(11-21(31)30-20-7-6-19(8-14(20)2)35(28,32)33)22(25)23(13)34-18-10-16(24(26)27)9-17(12-18)29-3;1-4-25-16(24)9-12-6-5-11(2)18(17(12)20)26-15-8-13(19(21)22)7-14(10-15)23-3/h4-10,12,24H,11H2,1-2H3,(H,30,31)(H2,28,32,33);5-8,10,19H,4,9H2,1-2H3. The first kappa shape index (κ1) is 46.8. The molecule has 0 radical (unpaired) electrons. The number of hydrogen-bond acceptors (Lipinski definition) is 7. The quantitative estimate of drug-likeness (QED) is 0.0681. The highest BCUT2D eigenvalue weighted by atomic mass is 32.2.